The van der Waals surface area contributed by atoms with Gasteiger partial charge in [0.25, 0.3) is 0 Å². The highest BCUT2D eigenvalue weighted by molar-refractivity contribution is 9.10. The largest absolute Gasteiger partial charge is 0.497 e. The maximum atomic E-state index is 16.0. The van der Waals surface area contributed by atoms with E-state index in [9.17, 15) is 9.90 Å². The molecule has 65 heavy (non-hydrogen) atoms. The molecule has 20 heteroatoms. The Labute approximate surface area is 386 Å². The fourth-order valence-electron chi connectivity index (χ4n) is 8.02. The molecule has 1 amide bonds. The van der Waals surface area contributed by atoms with Gasteiger partial charge in [-0.15, -0.1) is 10.2 Å². The molecule has 6 aromatic rings. The van der Waals surface area contributed by atoms with Crippen LogP contribution in [0.5, 0.6) is 17.2 Å². The highest BCUT2D eigenvalue weighted by Crippen LogP contribution is 2.42. The van der Waals surface area contributed by atoms with E-state index in [-0.39, 0.29) is 55.2 Å². The van der Waals surface area contributed by atoms with Crippen LogP contribution < -0.4 is 18.9 Å². The fraction of sp³-hybridized carbons (Fsp3) is 0.311. The van der Waals surface area contributed by atoms with Gasteiger partial charge in [-0.2, -0.15) is 9.10 Å². The lowest BCUT2D eigenvalue weighted by atomic mass is 9.83. The molecule has 1 saturated heterocycles. The van der Waals surface area contributed by atoms with Crippen molar-refractivity contribution < 1.29 is 40.9 Å². The third kappa shape index (κ3) is 10.5. The maximum absolute atomic E-state index is 16.0. The number of likely N-dealkylation sites (tertiary alicyclic amines) is 1. The smallest absolute Gasteiger partial charge is 0.407 e. The van der Waals surface area contributed by atoms with Gasteiger partial charge in [-0.1, -0.05) is 69.3 Å². The Kier molecular flexibility index (Phi) is 13.9. The predicted octanol–water partition coefficient (Wildman–Crippen LogP) is 7.08. The van der Waals surface area contributed by atoms with Gasteiger partial charge in [0.05, 0.1) is 45.2 Å². The van der Waals surface area contributed by atoms with Gasteiger partial charge in [0, 0.05) is 31.2 Å². The molecular weight excluding hydrogens is 941 g/mol. The monoisotopic (exact) mass is 988 g/mol. The minimum absolute atomic E-state index is 0.0626. The van der Waals surface area contributed by atoms with E-state index in [0.29, 0.717) is 33.0 Å². The summed E-state index contributed by atoms with van der Waals surface area (Å²) in [5.41, 5.74) is 1.54. The molecule has 342 valence electrons. The number of aromatic nitrogens is 5. The summed E-state index contributed by atoms with van der Waals surface area (Å²) in [4.78, 5) is 18.4. The number of sulfonamides is 2. The number of nitrogens with zero attached hydrogens (tertiary/aromatic N) is 7. The number of carboxylic acid groups (broad SMARTS) is 1. The summed E-state index contributed by atoms with van der Waals surface area (Å²) in [6.45, 7) is 5.25. The van der Waals surface area contributed by atoms with Gasteiger partial charge < -0.3 is 24.2 Å². The molecule has 4 aromatic carbocycles. The van der Waals surface area contributed by atoms with Crippen molar-refractivity contribution in [2.75, 3.05) is 27.9 Å². The number of ether oxygens (including phenoxy) is 3. The minimum Gasteiger partial charge on any atom is -0.497 e. The SMILES string of the molecule is COc1ccc(CN(Cc2ccc(OC)cc2)S(=O)(=O)c2c(S(=O)(=O)NC3CCN(C(=O)O)C3C(C)(C)C)ccc(-c3cccc(Br)n3)c2-c2nnn(Cc3ccc(OC)cc3)n2)cc1. The van der Waals surface area contributed by atoms with Crippen molar-refractivity contribution in [2.45, 2.75) is 68.7 Å². The number of carbonyl (C=O) groups is 1. The van der Waals surface area contributed by atoms with Crippen LogP contribution in [0.4, 0.5) is 4.79 Å². The van der Waals surface area contributed by atoms with E-state index >= 15 is 16.8 Å². The van der Waals surface area contributed by atoms with Crippen LogP contribution in [0.1, 0.15) is 43.9 Å². The van der Waals surface area contributed by atoms with Gasteiger partial charge in [-0.3, -0.25) is 0 Å². The summed E-state index contributed by atoms with van der Waals surface area (Å²) < 4.78 is 82.9. The minimum atomic E-state index is -4.94. The molecule has 2 N–H and O–H groups in total. The highest BCUT2D eigenvalue weighted by Gasteiger charge is 2.47. The Morgan fingerprint density at radius 2 is 1.37 bits per heavy atom. The van der Waals surface area contributed by atoms with Gasteiger partial charge >= 0.3 is 6.09 Å². The lowest BCUT2D eigenvalue weighted by Crippen LogP contribution is -2.52. The molecule has 2 atom stereocenters. The molecule has 0 spiro atoms. The lowest BCUT2D eigenvalue weighted by molar-refractivity contribution is 0.0999. The molecule has 1 aliphatic rings. The first-order valence-electron chi connectivity index (χ1n) is 20.4. The van der Waals surface area contributed by atoms with E-state index < -0.39 is 53.4 Å². The number of benzene rings is 4. The van der Waals surface area contributed by atoms with Gasteiger partial charge in [0.1, 0.15) is 31.6 Å². The fourth-order valence-corrected chi connectivity index (χ4v) is 12.0. The van der Waals surface area contributed by atoms with Gasteiger partial charge in [0.2, 0.25) is 25.9 Å². The molecule has 3 heterocycles. The summed E-state index contributed by atoms with van der Waals surface area (Å²) in [6.07, 6.45) is -1.05. The third-order valence-corrected chi connectivity index (χ3v) is 15.0. The van der Waals surface area contributed by atoms with Crippen molar-refractivity contribution in [1.82, 2.24) is 39.1 Å². The number of hydrogen-bond acceptors (Lipinski definition) is 12. The van der Waals surface area contributed by atoms with Crippen molar-refractivity contribution in [1.29, 1.82) is 0 Å². The van der Waals surface area contributed by atoms with E-state index in [4.69, 9.17) is 19.3 Å². The zero-order valence-electron chi connectivity index (χ0n) is 36.5. The zero-order valence-corrected chi connectivity index (χ0v) is 39.8. The van der Waals surface area contributed by atoms with Crippen LogP contribution in [0.3, 0.4) is 0 Å². The van der Waals surface area contributed by atoms with Crippen LogP contribution in [0.2, 0.25) is 0 Å². The Hall–Kier alpha value is -5.93. The van der Waals surface area contributed by atoms with Crippen LogP contribution in [0.25, 0.3) is 22.6 Å². The van der Waals surface area contributed by atoms with Crippen molar-refractivity contribution >= 4 is 42.1 Å². The van der Waals surface area contributed by atoms with Crippen molar-refractivity contribution in [3.8, 4) is 39.9 Å². The van der Waals surface area contributed by atoms with E-state index in [1.165, 1.54) is 40.4 Å². The molecule has 1 aliphatic heterocycles. The summed E-state index contributed by atoms with van der Waals surface area (Å²) in [5.74, 6) is 1.56. The first-order valence-corrected chi connectivity index (χ1v) is 24.1. The second-order valence-corrected chi connectivity index (χ2v) is 20.8. The molecule has 0 aliphatic carbocycles. The van der Waals surface area contributed by atoms with E-state index in [0.717, 1.165) is 5.56 Å². The topological polar surface area (TPSA) is 208 Å². The molecule has 2 unspecified atom stereocenters. The number of pyridine rings is 1. The summed E-state index contributed by atoms with van der Waals surface area (Å²) in [7, 11) is -5.15. The second kappa shape index (κ2) is 19.3. The third-order valence-electron chi connectivity index (χ3n) is 11.0. The Morgan fingerprint density at radius 3 is 1.88 bits per heavy atom. The average Bonchev–Trinajstić information content (AvgIpc) is 3.94. The van der Waals surface area contributed by atoms with Crippen LogP contribution >= 0.6 is 15.9 Å². The normalized spacial score (nSPS) is 15.6. The molecular formula is C45H49BrN8O9S2. The van der Waals surface area contributed by atoms with Crippen molar-refractivity contribution in [3.63, 3.8) is 0 Å². The quantitative estimate of drug-likeness (QED) is 0.0931. The molecule has 0 radical (unpaired) electrons. The Bertz CT molecular complexity index is 2830. The van der Waals surface area contributed by atoms with Crippen LogP contribution in [0.15, 0.2) is 118 Å². The average molecular weight is 990 g/mol. The van der Waals surface area contributed by atoms with Gasteiger partial charge in [-0.25, -0.2) is 31.3 Å². The number of rotatable bonds is 16. The van der Waals surface area contributed by atoms with E-state index in [2.05, 4.69) is 35.9 Å². The van der Waals surface area contributed by atoms with Crippen LogP contribution in [-0.2, 0) is 39.7 Å². The number of tetrazole rings is 1. The van der Waals surface area contributed by atoms with Gasteiger partial charge in [0.15, 0.2) is 0 Å². The van der Waals surface area contributed by atoms with E-state index in [1.807, 2.05) is 32.9 Å². The maximum Gasteiger partial charge on any atom is 0.407 e. The first-order chi connectivity index (χ1) is 30.9. The number of hydrogen-bond donors (Lipinski definition) is 2. The molecule has 17 nitrogen and oxygen atoms in total. The molecule has 0 bridgehead atoms. The zero-order chi connectivity index (χ0) is 46.7. The summed E-state index contributed by atoms with van der Waals surface area (Å²) in [6, 6.07) is 27.0. The Morgan fingerprint density at radius 1 is 0.815 bits per heavy atom. The standard InChI is InChI=1S/C45H49BrN8O9S2/c1-45(2,3)42-37(24-25-53(42)44(55)56)50-64(57,58)38-23-22-35(36-8-7-9-39(46)47-36)40(43-48-51-54(49-43)28-31-14-20-34(63-6)21-15-31)41(38)65(59,60)52(26-29-10-16-32(61-4)17-11-29)27-30-12-18-33(62-5)19-13-30/h7-23,37,42,50H,24-28H2,1-6H3,(H,55,56). The van der Waals surface area contributed by atoms with Gasteiger partial charge in [-0.05, 0) is 104 Å². The number of nitrogens with one attached hydrogen (secondary N) is 1. The second-order valence-electron chi connectivity index (χ2n) is 16.4. The number of amides is 1. The molecule has 0 saturated carbocycles. The van der Waals surface area contributed by atoms with Crippen molar-refractivity contribution in [3.05, 3.63) is 124 Å². The van der Waals surface area contributed by atoms with E-state index in [1.54, 1.807) is 86.0 Å². The predicted molar refractivity (Wildman–Crippen MR) is 245 cm³/mol. The first kappa shape index (κ1) is 47.0. The molecule has 1 fully saturated rings. The number of methoxy groups -OCH3 is 3. The number of halogens is 1. The highest BCUT2D eigenvalue weighted by atomic mass is 79.9. The lowest BCUT2D eigenvalue weighted by Gasteiger charge is -2.37. The Balaban J connectivity index is 1.48. The van der Waals surface area contributed by atoms with Crippen LogP contribution in [-0.4, -0.2) is 102 Å². The summed E-state index contributed by atoms with van der Waals surface area (Å²) in [5, 5.41) is 23.5. The van der Waals surface area contributed by atoms with Crippen LogP contribution in [0, 0.1) is 5.41 Å². The molecule has 7 rings (SSSR count). The summed E-state index contributed by atoms with van der Waals surface area (Å²) >= 11 is 3.44. The molecule has 2 aromatic heterocycles. The van der Waals surface area contributed by atoms with Crippen molar-refractivity contribution in [2.24, 2.45) is 5.41 Å².